The minimum Gasteiger partial charge on any atom is -0.254 e. The molecule has 0 saturated heterocycles. The minimum atomic E-state index is -1.16. The van der Waals surface area contributed by atoms with Crippen LogP contribution in [0, 0.1) is 0 Å². The third-order valence-corrected chi connectivity index (χ3v) is 6.46. The third-order valence-electron chi connectivity index (χ3n) is 3.70. The maximum absolute atomic E-state index is 12.4. The van der Waals surface area contributed by atoms with Crippen LogP contribution in [0.2, 0.25) is 0 Å². The zero-order valence-corrected chi connectivity index (χ0v) is 13.7. The lowest BCUT2D eigenvalue weighted by Gasteiger charge is -2.12. The molecule has 2 aromatic carbocycles. The second kappa shape index (κ2) is 6.15. The molecule has 4 heterocycles. The van der Waals surface area contributed by atoms with Crippen LogP contribution in [-0.2, 0) is 33.1 Å². The molecule has 2 atom stereocenters. The van der Waals surface area contributed by atoms with Crippen LogP contribution >= 0.6 is 0 Å². The highest BCUT2D eigenvalue weighted by Gasteiger charge is 2.13. The molecule has 4 aliphatic heterocycles. The quantitative estimate of drug-likeness (QED) is 0.736. The van der Waals surface area contributed by atoms with Gasteiger partial charge in [-0.25, -0.2) is 0 Å². The lowest BCUT2D eigenvalue weighted by atomic mass is 10.1. The molecular formula is C18H16O2S2. The molecule has 0 N–H and O–H groups in total. The second-order valence-corrected chi connectivity index (χ2v) is 8.16. The van der Waals surface area contributed by atoms with Gasteiger partial charge in [0.2, 0.25) is 0 Å². The fourth-order valence-corrected chi connectivity index (χ4v) is 4.45. The molecule has 0 radical (unpaired) electrons. The minimum absolute atomic E-state index is 0.441. The van der Waals surface area contributed by atoms with E-state index in [0.717, 1.165) is 22.3 Å². The summed E-state index contributed by atoms with van der Waals surface area (Å²) in [6.45, 7) is 7.92. The van der Waals surface area contributed by atoms with Crippen LogP contribution in [0.5, 0.6) is 0 Å². The van der Waals surface area contributed by atoms with E-state index in [0.29, 0.717) is 21.3 Å². The van der Waals surface area contributed by atoms with Gasteiger partial charge >= 0.3 is 0 Å². The van der Waals surface area contributed by atoms with Crippen LogP contribution < -0.4 is 0 Å². The van der Waals surface area contributed by atoms with E-state index in [-0.39, 0.29) is 0 Å². The van der Waals surface area contributed by atoms with Crippen LogP contribution in [0.25, 0.3) is 9.81 Å². The lowest BCUT2D eigenvalue weighted by Crippen LogP contribution is -2.02. The highest BCUT2D eigenvalue weighted by atomic mass is 32.2. The van der Waals surface area contributed by atoms with E-state index >= 15 is 0 Å². The molecule has 112 valence electrons. The summed E-state index contributed by atoms with van der Waals surface area (Å²) < 4.78 is 24.9. The molecule has 0 aliphatic carbocycles. The molecule has 2 unspecified atom stereocenters. The Labute approximate surface area is 135 Å². The van der Waals surface area contributed by atoms with Crippen molar-refractivity contribution in [1.29, 1.82) is 0 Å². The average molecular weight is 328 g/mol. The van der Waals surface area contributed by atoms with Gasteiger partial charge in [-0.3, -0.25) is 8.42 Å². The molecule has 2 nitrogen and oxygen atoms in total. The monoisotopic (exact) mass is 328 g/mol. The molecule has 0 saturated carbocycles. The third kappa shape index (κ3) is 3.03. The van der Waals surface area contributed by atoms with Gasteiger partial charge in [0.1, 0.15) is 0 Å². The highest BCUT2D eigenvalue weighted by Crippen LogP contribution is 2.25. The molecule has 22 heavy (non-hydrogen) atoms. The molecule has 0 fully saturated rings. The Balaban J connectivity index is 2.07. The zero-order chi connectivity index (χ0) is 15.7. The van der Waals surface area contributed by atoms with E-state index in [2.05, 4.69) is 13.2 Å². The Bertz CT molecular complexity index is 719. The van der Waals surface area contributed by atoms with Crippen molar-refractivity contribution in [2.24, 2.45) is 0 Å². The molecule has 4 heteroatoms. The Morgan fingerprint density at radius 3 is 1.27 bits per heavy atom. The first kappa shape index (κ1) is 15.1. The first-order valence-electron chi connectivity index (χ1n) is 6.88. The van der Waals surface area contributed by atoms with Gasteiger partial charge in [-0.2, -0.15) is 0 Å². The van der Waals surface area contributed by atoms with E-state index in [1.54, 1.807) is 0 Å². The number of hydrogen-bond acceptors (Lipinski definition) is 2. The summed E-state index contributed by atoms with van der Waals surface area (Å²) in [6.07, 6.45) is 0. The molecule has 0 amide bonds. The molecule has 0 spiro atoms. The van der Waals surface area contributed by atoms with Crippen molar-refractivity contribution in [3.8, 4) is 0 Å². The van der Waals surface area contributed by atoms with Crippen molar-refractivity contribution >= 4 is 31.4 Å². The smallest absolute Gasteiger partial charge is 0.0574 e. The van der Waals surface area contributed by atoms with E-state index in [1.165, 1.54) is 0 Å². The summed E-state index contributed by atoms with van der Waals surface area (Å²) in [4.78, 5) is 1.22. The van der Waals surface area contributed by atoms with E-state index < -0.39 is 21.6 Å². The number of benzene rings is 2. The van der Waals surface area contributed by atoms with Crippen molar-refractivity contribution < 1.29 is 8.42 Å². The summed E-state index contributed by atoms with van der Waals surface area (Å²) in [5.74, 6) is 0.882. The van der Waals surface area contributed by atoms with Gasteiger partial charge in [0.15, 0.2) is 0 Å². The maximum atomic E-state index is 12.4. The SMILES string of the molecule is C=C1c2ccc(cc2)C(=C)S(=O)Cc2ccc(cc2)CS1=O. The Kier molecular flexibility index (Phi) is 4.23. The molecule has 0 aromatic heterocycles. The van der Waals surface area contributed by atoms with Gasteiger partial charge in [-0.05, 0) is 22.3 Å². The summed E-state index contributed by atoms with van der Waals surface area (Å²) >= 11 is 0. The van der Waals surface area contributed by atoms with Crippen molar-refractivity contribution in [3.05, 3.63) is 83.9 Å². The van der Waals surface area contributed by atoms with Gasteiger partial charge in [-0.15, -0.1) is 0 Å². The van der Waals surface area contributed by atoms with Gasteiger partial charge in [0, 0.05) is 9.81 Å². The summed E-state index contributed by atoms with van der Waals surface area (Å²) in [7, 11) is -2.31. The fourth-order valence-electron chi connectivity index (χ4n) is 2.31. The standard InChI is InChI=1S/C18H16O2S2/c1-13-17-7-9-18(10-8-17)14(2)22(20)12-16-5-3-15(4-6-16)11-21(13)19/h3-10H,1-2,11-12H2. The lowest BCUT2D eigenvalue weighted by molar-refractivity contribution is 0.687. The van der Waals surface area contributed by atoms with Crippen LogP contribution in [-0.4, -0.2) is 8.42 Å². The Morgan fingerprint density at radius 2 is 0.955 bits per heavy atom. The van der Waals surface area contributed by atoms with Crippen molar-refractivity contribution in [3.63, 3.8) is 0 Å². The van der Waals surface area contributed by atoms with Gasteiger partial charge in [0.25, 0.3) is 0 Å². The van der Waals surface area contributed by atoms with Gasteiger partial charge in [-0.1, -0.05) is 61.7 Å². The fraction of sp³-hybridized carbons (Fsp3) is 0.111. The Morgan fingerprint density at radius 1 is 0.636 bits per heavy atom. The van der Waals surface area contributed by atoms with Gasteiger partial charge in [0.05, 0.1) is 33.1 Å². The van der Waals surface area contributed by atoms with E-state index in [1.807, 2.05) is 48.5 Å². The Hall–Kier alpha value is -1.78. The molecule has 4 bridgehead atoms. The summed E-state index contributed by atoms with van der Waals surface area (Å²) in [6, 6.07) is 15.2. The number of hydrogen-bond donors (Lipinski definition) is 0. The second-order valence-electron chi connectivity index (χ2n) is 5.22. The van der Waals surface area contributed by atoms with Crippen molar-refractivity contribution in [2.45, 2.75) is 11.5 Å². The van der Waals surface area contributed by atoms with Gasteiger partial charge < -0.3 is 0 Å². The van der Waals surface area contributed by atoms with Crippen LogP contribution in [0.15, 0.2) is 61.7 Å². The first-order valence-corrected chi connectivity index (χ1v) is 9.51. The zero-order valence-electron chi connectivity index (χ0n) is 12.1. The highest BCUT2D eigenvalue weighted by molar-refractivity contribution is 7.94. The summed E-state index contributed by atoms with van der Waals surface area (Å²) in [5.41, 5.74) is 3.66. The van der Waals surface area contributed by atoms with Crippen LogP contribution in [0.3, 0.4) is 0 Å². The predicted molar refractivity (Wildman–Crippen MR) is 94.6 cm³/mol. The molecule has 2 aromatic rings. The molecule has 6 rings (SSSR count). The normalized spacial score (nSPS) is 21.8. The number of rotatable bonds is 0. The largest absolute Gasteiger partial charge is 0.254 e. The van der Waals surface area contributed by atoms with Crippen LogP contribution in [0.1, 0.15) is 22.3 Å². The molecule has 4 aliphatic rings. The van der Waals surface area contributed by atoms with E-state index in [9.17, 15) is 8.42 Å². The summed E-state index contributed by atoms with van der Waals surface area (Å²) in [5, 5.41) is 0. The van der Waals surface area contributed by atoms with Crippen molar-refractivity contribution in [2.75, 3.05) is 0 Å². The maximum Gasteiger partial charge on any atom is 0.0574 e. The topological polar surface area (TPSA) is 34.1 Å². The van der Waals surface area contributed by atoms with Crippen LogP contribution in [0.4, 0.5) is 0 Å². The average Bonchev–Trinajstić information content (AvgIpc) is 2.54. The van der Waals surface area contributed by atoms with Crippen molar-refractivity contribution in [1.82, 2.24) is 0 Å². The predicted octanol–water partition coefficient (Wildman–Crippen LogP) is 3.84. The molecular weight excluding hydrogens is 312 g/mol. The first-order chi connectivity index (χ1) is 10.5. The van der Waals surface area contributed by atoms with E-state index in [4.69, 9.17) is 0 Å².